The van der Waals surface area contributed by atoms with E-state index < -0.39 is 0 Å². The number of hydrogen-bond acceptors (Lipinski definition) is 3. The van der Waals surface area contributed by atoms with Gasteiger partial charge in [-0.15, -0.1) is 0 Å². The van der Waals surface area contributed by atoms with E-state index in [1.165, 1.54) is 7.11 Å². The van der Waals surface area contributed by atoms with Crippen LogP contribution in [0.2, 0.25) is 0 Å². The third kappa shape index (κ3) is 2.19. The minimum atomic E-state index is -0.0921. The maximum absolute atomic E-state index is 10.9. The van der Waals surface area contributed by atoms with Crippen LogP contribution >= 0.6 is 0 Å². The number of methoxy groups -OCH3 is 1. The van der Waals surface area contributed by atoms with Gasteiger partial charge in [0.25, 0.3) is 0 Å². The Labute approximate surface area is 67.1 Å². The second-order valence-corrected chi connectivity index (χ2v) is 3.18. The van der Waals surface area contributed by atoms with Crippen LogP contribution in [-0.4, -0.2) is 26.2 Å². The molecule has 0 aromatic rings. The molecule has 1 rings (SSSR count). The number of carbonyl (C=O) groups excluding carboxylic acids is 1. The maximum Gasteiger partial charge on any atom is 0.305 e. The van der Waals surface area contributed by atoms with E-state index in [0.29, 0.717) is 18.3 Å². The Morgan fingerprint density at radius 2 is 2.36 bits per heavy atom. The summed E-state index contributed by atoms with van der Waals surface area (Å²) in [6.07, 6.45) is 0.560. The summed E-state index contributed by atoms with van der Waals surface area (Å²) in [5.41, 5.74) is 0. The van der Waals surface area contributed by atoms with Gasteiger partial charge in [0, 0.05) is 6.42 Å². The van der Waals surface area contributed by atoms with Gasteiger partial charge in [-0.1, -0.05) is 6.92 Å². The molecule has 1 saturated heterocycles. The first-order chi connectivity index (χ1) is 5.24. The molecular weight excluding hydrogens is 142 g/mol. The lowest BCUT2D eigenvalue weighted by Crippen LogP contribution is -2.15. The molecule has 0 aliphatic carbocycles. The fourth-order valence-electron chi connectivity index (χ4n) is 1.44. The van der Waals surface area contributed by atoms with E-state index in [9.17, 15) is 4.79 Å². The van der Waals surface area contributed by atoms with E-state index in [2.05, 4.69) is 17.0 Å². The predicted octanol–water partition coefficient (Wildman–Crippen LogP) is 0.405. The summed E-state index contributed by atoms with van der Waals surface area (Å²) in [4.78, 5) is 10.9. The van der Waals surface area contributed by atoms with Gasteiger partial charge in [0.2, 0.25) is 0 Å². The summed E-state index contributed by atoms with van der Waals surface area (Å²) in [6, 6.07) is 0. The molecule has 0 spiro atoms. The fraction of sp³-hybridized carbons (Fsp3) is 0.875. The van der Waals surface area contributed by atoms with E-state index in [4.69, 9.17) is 0 Å². The van der Waals surface area contributed by atoms with Gasteiger partial charge in [0.05, 0.1) is 7.11 Å². The molecule has 1 aliphatic heterocycles. The molecule has 0 radical (unpaired) electrons. The molecule has 0 unspecified atom stereocenters. The molecule has 0 bridgehead atoms. The van der Waals surface area contributed by atoms with Gasteiger partial charge in [0.15, 0.2) is 0 Å². The molecule has 0 saturated carbocycles. The van der Waals surface area contributed by atoms with Crippen LogP contribution in [0.5, 0.6) is 0 Å². The third-order valence-electron chi connectivity index (χ3n) is 2.33. The van der Waals surface area contributed by atoms with Crippen molar-refractivity contribution >= 4 is 5.97 Å². The minimum absolute atomic E-state index is 0.0921. The number of rotatable bonds is 2. The summed E-state index contributed by atoms with van der Waals surface area (Å²) in [5.74, 6) is 0.988. The summed E-state index contributed by atoms with van der Waals surface area (Å²) < 4.78 is 4.59. The van der Waals surface area contributed by atoms with Gasteiger partial charge in [-0.2, -0.15) is 0 Å². The summed E-state index contributed by atoms with van der Waals surface area (Å²) in [5, 5.41) is 3.24. The normalized spacial score (nSPS) is 30.4. The largest absolute Gasteiger partial charge is 0.469 e. The molecule has 11 heavy (non-hydrogen) atoms. The van der Waals surface area contributed by atoms with E-state index >= 15 is 0 Å². The smallest absolute Gasteiger partial charge is 0.305 e. The highest BCUT2D eigenvalue weighted by Crippen LogP contribution is 2.19. The molecule has 0 aromatic carbocycles. The highest BCUT2D eigenvalue weighted by molar-refractivity contribution is 5.69. The quantitative estimate of drug-likeness (QED) is 0.590. The topological polar surface area (TPSA) is 38.3 Å². The van der Waals surface area contributed by atoms with Crippen LogP contribution in [0, 0.1) is 11.8 Å². The van der Waals surface area contributed by atoms with Crippen LogP contribution in [0.4, 0.5) is 0 Å². The van der Waals surface area contributed by atoms with E-state index in [1.54, 1.807) is 0 Å². The highest BCUT2D eigenvalue weighted by atomic mass is 16.5. The Balaban J connectivity index is 2.30. The lowest BCUT2D eigenvalue weighted by atomic mass is 9.95. The molecule has 3 nitrogen and oxygen atoms in total. The van der Waals surface area contributed by atoms with Crippen molar-refractivity contribution in [1.82, 2.24) is 5.32 Å². The van der Waals surface area contributed by atoms with Gasteiger partial charge < -0.3 is 10.1 Å². The first-order valence-electron chi connectivity index (χ1n) is 4.01. The number of carbonyl (C=O) groups is 1. The first-order valence-corrected chi connectivity index (χ1v) is 4.01. The monoisotopic (exact) mass is 157 g/mol. The Kier molecular flexibility index (Phi) is 2.88. The van der Waals surface area contributed by atoms with Gasteiger partial charge >= 0.3 is 5.97 Å². The van der Waals surface area contributed by atoms with Crippen molar-refractivity contribution in [1.29, 1.82) is 0 Å². The van der Waals surface area contributed by atoms with Crippen molar-refractivity contribution in [2.75, 3.05) is 20.2 Å². The molecule has 3 heteroatoms. The van der Waals surface area contributed by atoms with E-state index in [-0.39, 0.29) is 5.97 Å². The van der Waals surface area contributed by atoms with Crippen LogP contribution in [0.1, 0.15) is 13.3 Å². The standard InChI is InChI=1S/C8H15NO2/c1-6-4-9-5-7(6)3-8(10)11-2/h6-7,9H,3-5H2,1-2H3/t6-,7+/m0/s1. The summed E-state index contributed by atoms with van der Waals surface area (Å²) >= 11 is 0. The number of ether oxygens (including phenoxy) is 1. The molecule has 0 aromatic heterocycles. The van der Waals surface area contributed by atoms with Gasteiger partial charge in [-0.05, 0) is 24.9 Å². The van der Waals surface area contributed by atoms with Crippen LogP contribution in [0.25, 0.3) is 0 Å². The third-order valence-corrected chi connectivity index (χ3v) is 2.33. The molecule has 64 valence electrons. The van der Waals surface area contributed by atoms with Crippen molar-refractivity contribution in [3.63, 3.8) is 0 Å². The van der Waals surface area contributed by atoms with Crippen LogP contribution in [0.15, 0.2) is 0 Å². The number of esters is 1. The van der Waals surface area contributed by atoms with Crippen molar-refractivity contribution in [2.45, 2.75) is 13.3 Å². The molecule has 2 atom stereocenters. The zero-order valence-corrected chi connectivity index (χ0v) is 7.09. The van der Waals surface area contributed by atoms with Gasteiger partial charge in [-0.3, -0.25) is 4.79 Å². The average Bonchev–Trinajstić information content (AvgIpc) is 2.37. The fourth-order valence-corrected chi connectivity index (χ4v) is 1.44. The average molecular weight is 157 g/mol. The minimum Gasteiger partial charge on any atom is -0.469 e. The van der Waals surface area contributed by atoms with Gasteiger partial charge in [-0.25, -0.2) is 0 Å². The number of hydrogen-bond donors (Lipinski definition) is 1. The predicted molar refractivity (Wildman–Crippen MR) is 42.2 cm³/mol. The Morgan fingerprint density at radius 1 is 1.64 bits per heavy atom. The van der Waals surface area contributed by atoms with E-state index in [1.807, 2.05) is 0 Å². The van der Waals surface area contributed by atoms with Crippen LogP contribution < -0.4 is 5.32 Å². The van der Waals surface area contributed by atoms with Crippen molar-refractivity contribution in [2.24, 2.45) is 11.8 Å². The lowest BCUT2D eigenvalue weighted by molar-refractivity contribution is -0.141. The highest BCUT2D eigenvalue weighted by Gasteiger charge is 2.25. The number of nitrogens with one attached hydrogen (secondary N) is 1. The van der Waals surface area contributed by atoms with Crippen LogP contribution in [0.3, 0.4) is 0 Å². The Hall–Kier alpha value is -0.570. The lowest BCUT2D eigenvalue weighted by Gasteiger charge is -2.11. The second-order valence-electron chi connectivity index (χ2n) is 3.18. The molecule has 1 heterocycles. The van der Waals surface area contributed by atoms with Crippen LogP contribution in [-0.2, 0) is 9.53 Å². The second kappa shape index (κ2) is 3.72. The maximum atomic E-state index is 10.9. The Morgan fingerprint density at radius 3 is 2.82 bits per heavy atom. The Bertz CT molecular complexity index is 147. The molecule has 1 fully saturated rings. The van der Waals surface area contributed by atoms with Crippen molar-refractivity contribution in [3.05, 3.63) is 0 Å². The zero-order chi connectivity index (χ0) is 8.27. The molecule has 1 aliphatic rings. The first kappa shape index (κ1) is 8.53. The van der Waals surface area contributed by atoms with E-state index in [0.717, 1.165) is 13.1 Å². The summed E-state index contributed by atoms with van der Waals surface area (Å²) in [7, 11) is 1.44. The molecule has 1 N–H and O–H groups in total. The summed E-state index contributed by atoms with van der Waals surface area (Å²) in [6.45, 7) is 4.14. The van der Waals surface area contributed by atoms with Gasteiger partial charge in [0.1, 0.15) is 0 Å². The van der Waals surface area contributed by atoms with Crippen molar-refractivity contribution < 1.29 is 9.53 Å². The molecular formula is C8H15NO2. The SMILES string of the molecule is COC(=O)C[C@@H]1CNC[C@@H]1C. The van der Waals surface area contributed by atoms with Crippen molar-refractivity contribution in [3.8, 4) is 0 Å². The zero-order valence-electron chi connectivity index (χ0n) is 7.09. The molecule has 0 amide bonds.